The Morgan fingerprint density at radius 3 is 1.78 bits per heavy atom. The molecule has 12 aromatic carbocycles. The average Bonchev–Trinajstić information content (AvgIpc) is 1.50. The van der Waals surface area contributed by atoms with Gasteiger partial charge in [-0.05, 0) is 69.8 Å². The number of aromatic nitrogens is 2. The maximum Gasteiger partial charge on any atom is 0.220 e. The van der Waals surface area contributed by atoms with Crippen molar-refractivity contribution in [2.45, 2.75) is 0 Å². The Morgan fingerprint density at radius 1 is 0.432 bits per heavy atom. The highest BCUT2D eigenvalue weighted by Crippen LogP contribution is 2.55. The van der Waals surface area contributed by atoms with Crippen molar-refractivity contribution in [2.24, 2.45) is 0 Å². The summed E-state index contributed by atoms with van der Waals surface area (Å²) >= 11 is 3.22. The lowest BCUT2D eigenvalue weighted by Crippen LogP contribution is -2.09. The lowest BCUT2D eigenvalue weighted by atomic mass is 9.88. The molecule has 0 aliphatic carbocycles. The van der Waals surface area contributed by atoms with Gasteiger partial charge < -0.3 is 13.6 Å². The predicted molar refractivity (Wildman–Crippen MR) is 341 cm³/mol. The van der Waals surface area contributed by atoms with Crippen LogP contribution in [0.15, 0.2) is 247 Å². The third-order valence-electron chi connectivity index (χ3n) is 16.3. The van der Waals surface area contributed by atoms with Crippen molar-refractivity contribution in [2.75, 3.05) is 0 Å². The van der Waals surface area contributed by atoms with Gasteiger partial charge in [-0.15, -0.1) is 22.7 Å². The van der Waals surface area contributed by atoms with E-state index in [4.69, 9.17) is 8.53 Å². The van der Waals surface area contributed by atoms with Gasteiger partial charge in [-0.25, -0.2) is 4.85 Å². The molecule has 17 aromatic rings. The van der Waals surface area contributed by atoms with E-state index in [0.717, 1.165) is 123 Å². The molecule has 5 heterocycles. The van der Waals surface area contributed by atoms with Crippen molar-refractivity contribution in [1.29, 1.82) is 5.26 Å². The number of para-hydroxylation sites is 2. The number of hydrogen-bond acceptors (Lipinski definition) is 4. The fourth-order valence-corrected chi connectivity index (χ4v) is 15.4. The average molecular weight is 1070 g/mol. The zero-order chi connectivity index (χ0) is 57.8. The Balaban J connectivity index is 1.09. The predicted octanol–water partition coefficient (Wildman–Crippen LogP) is 21.6. The van der Waals surface area contributed by atoms with Crippen molar-refractivity contribution >= 4 is 134 Å². The van der Waals surface area contributed by atoms with Crippen LogP contribution in [0.5, 0.6) is 0 Å². The summed E-state index contributed by atoms with van der Waals surface area (Å²) in [6, 6.07) is 73.3. The van der Waals surface area contributed by atoms with E-state index in [-0.39, 0.29) is 17.6 Å². The van der Waals surface area contributed by atoms with Crippen LogP contribution in [0, 0.1) is 17.9 Å². The molecule has 0 saturated heterocycles. The molecule has 5 aromatic heterocycles. The van der Waals surface area contributed by atoms with E-state index in [1.54, 1.807) is 11.3 Å². The number of rotatable bonds is 6. The summed E-state index contributed by atoms with van der Waals surface area (Å²) in [5, 5.41) is 22.3. The Hall–Kier alpha value is -10.5. The van der Waals surface area contributed by atoms with Crippen LogP contribution in [0.1, 0.15) is 12.4 Å². The molecule has 374 valence electrons. The smallest absolute Gasteiger partial charge is 0.220 e. The molecule has 7 heteroatoms. The number of thiophene rings is 2. The summed E-state index contributed by atoms with van der Waals surface area (Å²) in [7, 11) is 0. The normalized spacial score (nSPS) is 12.8. The topological polar surface area (TPSA) is 51.1 Å². The minimum absolute atomic E-state index is 0.131. The first-order valence-corrected chi connectivity index (χ1v) is 28.2. The van der Waals surface area contributed by atoms with E-state index in [1.807, 2.05) is 97.1 Å². The molecule has 0 spiro atoms. The largest absolute Gasteiger partial charge is 0.456 e. The van der Waals surface area contributed by atoms with Crippen LogP contribution in [0.4, 0.5) is 5.69 Å². The molecule has 0 radical (unpaired) electrons. The van der Waals surface area contributed by atoms with Crippen LogP contribution in [-0.4, -0.2) is 9.13 Å². The van der Waals surface area contributed by atoms with Crippen molar-refractivity contribution in [3.63, 3.8) is 0 Å². The zero-order valence-electron chi connectivity index (χ0n) is 47.7. The van der Waals surface area contributed by atoms with Gasteiger partial charge in [0.05, 0.1) is 61.8 Å². The van der Waals surface area contributed by atoms with Gasteiger partial charge in [-0.1, -0.05) is 206 Å². The van der Waals surface area contributed by atoms with Crippen LogP contribution in [0.2, 0.25) is 0 Å². The van der Waals surface area contributed by atoms with Crippen LogP contribution >= 0.6 is 22.7 Å². The molecule has 0 amide bonds. The van der Waals surface area contributed by atoms with Gasteiger partial charge >= 0.3 is 0 Å². The molecule has 0 atom stereocenters. The third kappa shape index (κ3) is 6.50. The molecule has 17 rings (SSSR count). The monoisotopic (exact) mass is 1070 g/mol. The highest BCUT2D eigenvalue weighted by atomic mass is 32.1. The second-order valence-electron chi connectivity index (χ2n) is 20.4. The third-order valence-corrected chi connectivity index (χ3v) is 18.7. The maximum atomic E-state index is 12.4. The van der Waals surface area contributed by atoms with Crippen LogP contribution < -0.4 is 0 Å². The second kappa shape index (κ2) is 17.5. The van der Waals surface area contributed by atoms with Crippen molar-refractivity contribution in [3.05, 3.63) is 260 Å². The molecular weight excluding hydrogens is 1020 g/mol. The first-order valence-electron chi connectivity index (χ1n) is 29.1. The van der Waals surface area contributed by atoms with E-state index in [0.29, 0.717) is 44.9 Å². The summed E-state index contributed by atoms with van der Waals surface area (Å²) in [6.07, 6.45) is 0. The highest BCUT2D eigenvalue weighted by Gasteiger charge is 2.33. The van der Waals surface area contributed by atoms with Gasteiger partial charge in [0.1, 0.15) is 17.2 Å². The number of hydrogen-bond donors (Lipinski definition) is 0. The summed E-state index contributed by atoms with van der Waals surface area (Å²) in [6.45, 7) is 9.56. The molecule has 0 unspecified atom stereocenters. The Bertz CT molecular complexity index is 5910. The van der Waals surface area contributed by atoms with Gasteiger partial charge in [0.2, 0.25) is 5.69 Å². The molecule has 0 bridgehead atoms. The number of nitriles is 1. The quantitative estimate of drug-likeness (QED) is 0.156. The van der Waals surface area contributed by atoms with Crippen molar-refractivity contribution < 1.29 is 11.3 Å². The molecule has 0 fully saturated rings. The van der Waals surface area contributed by atoms with E-state index >= 15 is 0 Å². The van der Waals surface area contributed by atoms with Crippen LogP contribution in [0.25, 0.3) is 167 Å². The number of benzene rings is 12. The summed E-state index contributed by atoms with van der Waals surface area (Å²) in [5.41, 5.74) is 12.3. The first kappa shape index (κ1) is 40.6. The Kier molecular flexibility index (Phi) is 8.77. The van der Waals surface area contributed by atoms with Crippen molar-refractivity contribution in [1.82, 2.24) is 9.13 Å². The number of furan rings is 1. The fourth-order valence-electron chi connectivity index (χ4n) is 12.8. The highest BCUT2D eigenvalue weighted by molar-refractivity contribution is 7.27. The van der Waals surface area contributed by atoms with Gasteiger partial charge in [-0.2, -0.15) is 5.26 Å². The molecule has 0 N–H and O–H groups in total. The van der Waals surface area contributed by atoms with E-state index in [9.17, 15) is 14.6 Å². The summed E-state index contributed by atoms with van der Waals surface area (Å²) < 4.78 is 59.0. The minimum atomic E-state index is -0.450. The standard InChI is InChI=1S/C74H40N4OS2/c1-76-67-65(44-20-7-3-8-21-44)59(42-75)68(78-69-53(35-37-56-52-26-13-16-31-64(52)80-73(56)69)54-36-38-57-55-28-17-27-48(43-18-5-2-6-19-43)72(55)81-74(57)70(54)78)66(45-22-9-4-10-23-45)71(67)77-60-29-14-11-24-49(60)50-34-32-47(41-61(50)77)46-33-39-63-58(40-46)51-25-12-15-30-62(51)79-63/h2-41H/i2D,5D,6D,18D,19D. The minimum Gasteiger partial charge on any atom is -0.456 e. The number of nitrogens with zero attached hydrogens (tertiary/aromatic N) is 4. The van der Waals surface area contributed by atoms with Crippen LogP contribution in [-0.2, 0) is 0 Å². The Labute approximate surface area is 478 Å². The van der Waals surface area contributed by atoms with E-state index < -0.39 is 18.1 Å². The first-order chi connectivity index (χ1) is 42.2. The van der Waals surface area contributed by atoms with Gasteiger partial charge in [0.15, 0.2) is 0 Å². The molecule has 0 aliphatic heterocycles. The summed E-state index contributed by atoms with van der Waals surface area (Å²) in [4.78, 5) is 4.62. The van der Waals surface area contributed by atoms with Gasteiger partial charge in [0, 0.05) is 74.4 Å². The molecular formula is C74H40N4OS2. The van der Waals surface area contributed by atoms with Crippen LogP contribution in [0.3, 0.4) is 0 Å². The summed E-state index contributed by atoms with van der Waals surface area (Å²) in [5.74, 6) is 0. The molecule has 0 aliphatic rings. The lowest BCUT2D eigenvalue weighted by molar-refractivity contribution is 0.669. The SMILES string of the molecule is [2H]c1c([2H])c([2H])c(-c2cccc3c2sc2c3ccc3c4ccc5c6ccccc6sc5c4n(-c4c(C#N)c(-c5ccccc5)c([N+]#[C-])c(-n5c6ccccc6c6ccc(-c7ccc8oc9ccccc9c8c7)cc65)c4-c4ccccc4)c32)c([2H])c1[2H]. The van der Waals surface area contributed by atoms with Gasteiger partial charge in [0.25, 0.3) is 0 Å². The fraction of sp³-hybridized carbons (Fsp3) is 0. The lowest BCUT2D eigenvalue weighted by Gasteiger charge is -2.26. The van der Waals surface area contributed by atoms with E-state index in [2.05, 4.69) is 135 Å². The number of fused-ring (bicyclic) bond motifs is 17. The molecule has 5 nitrogen and oxygen atoms in total. The Morgan fingerprint density at radius 2 is 1.01 bits per heavy atom. The molecule has 0 saturated carbocycles. The zero-order valence-corrected chi connectivity index (χ0v) is 44.4. The maximum absolute atomic E-state index is 12.4. The van der Waals surface area contributed by atoms with Crippen molar-refractivity contribution in [3.8, 4) is 62.0 Å². The van der Waals surface area contributed by atoms with Gasteiger partial charge in [-0.3, -0.25) is 0 Å². The molecule has 81 heavy (non-hydrogen) atoms. The second-order valence-corrected chi connectivity index (χ2v) is 22.5. The van der Waals surface area contributed by atoms with E-state index in [1.165, 1.54) is 11.3 Å².